The van der Waals surface area contributed by atoms with Crippen molar-refractivity contribution in [3.8, 4) is 0 Å². The number of nitrogens with one attached hydrogen (secondary N) is 1. The van der Waals surface area contributed by atoms with Crippen molar-refractivity contribution in [1.82, 2.24) is 5.32 Å². The minimum absolute atomic E-state index is 0.0642. The molecule has 1 unspecified atom stereocenters. The van der Waals surface area contributed by atoms with E-state index >= 15 is 0 Å². The molecule has 0 amide bonds. The van der Waals surface area contributed by atoms with Crippen molar-refractivity contribution >= 4 is 0 Å². The van der Waals surface area contributed by atoms with E-state index in [1.165, 1.54) is 25.7 Å². The highest BCUT2D eigenvalue weighted by molar-refractivity contribution is 4.80. The summed E-state index contributed by atoms with van der Waals surface area (Å²) in [5.41, 5.74) is 0. The summed E-state index contributed by atoms with van der Waals surface area (Å²) in [6.45, 7) is 3.81. The first-order chi connectivity index (χ1) is 9.03. The van der Waals surface area contributed by atoms with Crippen LogP contribution in [0.3, 0.4) is 0 Å². The molecule has 0 aromatic rings. The Balaban J connectivity index is 2.17. The van der Waals surface area contributed by atoms with Gasteiger partial charge in [0.15, 0.2) is 0 Å². The Morgan fingerprint density at radius 1 is 1.26 bits per heavy atom. The predicted octanol–water partition coefficient (Wildman–Crippen LogP) is 3.90. The Morgan fingerprint density at radius 2 is 1.95 bits per heavy atom. The molecular weight excluding hydrogens is 255 g/mol. The monoisotopic (exact) mass is 281 g/mol. The summed E-state index contributed by atoms with van der Waals surface area (Å²) in [6, 6.07) is 0.313. The Labute approximate surface area is 114 Å². The van der Waals surface area contributed by atoms with Crippen molar-refractivity contribution < 1.29 is 17.9 Å². The third kappa shape index (κ3) is 7.78. The van der Waals surface area contributed by atoms with Crippen molar-refractivity contribution in [2.75, 3.05) is 19.8 Å². The van der Waals surface area contributed by atoms with Gasteiger partial charge in [0.2, 0.25) is 0 Å². The molecule has 0 spiro atoms. The van der Waals surface area contributed by atoms with E-state index in [9.17, 15) is 13.2 Å². The molecule has 0 bridgehead atoms. The van der Waals surface area contributed by atoms with Gasteiger partial charge in [0.05, 0.1) is 6.61 Å². The van der Waals surface area contributed by atoms with Crippen LogP contribution in [0.5, 0.6) is 0 Å². The largest absolute Gasteiger partial charge is 0.389 e. The van der Waals surface area contributed by atoms with Crippen molar-refractivity contribution in [1.29, 1.82) is 0 Å². The van der Waals surface area contributed by atoms with Crippen LogP contribution in [0.1, 0.15) is 51.9 Å². The molecule has 1 aliphatic rings. The Morgan fingerprint density at radius 3 is 2.53 bits per heavy atom. The van der Waals surface area contributed by atoms with E-state index in [1.54, 1.807) is 0 Å². The smallest absolute Gasteiger partial charge is 0.380 e. The zero-order valence-electron chi connectivity index (χ0n) is 11.8. The average molecular weight is 281 g/mol. The third-order valence-electron chi connectivity index (χ3n) is 3.67. The lowest BCUT2D eigenvalue weighted by atomic mass is 9.99. The average Bonchev–Trinajstić information content (AvgIpc) is 2.85. The zero-order chi connectivity index (χ0) is 14.1. The Hall–Kier alpha value is -0.290. The molecule has 0 aromatic heterocycles. The number of hydrogen-bond acceptors (Lipinski definition) is 2. The molecule has 1 atom stereocenters. The summed E-state index contributed by atoms with van der Waals surface area (Å²) < 4.78 is 41.4. The summed E-state index contributed by atoms with van der Waals surface area (Å²) in [6.07, 6.45) is 1.29. The predicted molar refractivity (Wildman–Crippen MR) is 70.1 cm³/mol. The summed E-state index contributed by atoms with van der Waals surface area (Å²) in [7, 11) is 0. The highest BCUT2D eigenvalue weighted by atomic mass is 19.4. The number of rotatable bonds is 9. The highest BCUT2D eigenvalue weighted by Crippen LogP contribution is 2.28. The summed E-state index contributed by atoms with van der Waals surface area (Å²) in [5.74, 6) is 0.633. The minimum Gasteiger partial charge on any atom is -0.380 e. The topological polar surface area (TPSA) is 21.3 Å². The quantitative estimate of drug-likeness (QED) is 0.647. The fourth-order valence-corrected chi connectivity index (χ4v) is 2.64. The first kappa shape index (κ1) is 16.8. The second-order valence-electron chi connectivity index (χ2n) is 5.40. The first-order valence-corrected chi connectivity index (χ1v) is 7.41. The van der Waals surface area contributed by atoms with E-state index in [2.05, 4.69) is 12.2 Å². The lowest BCUT2D eigenvalue weighted by Crippen LogP contribution is -2.39. The van der Waals surface area contributed by atoms with Gasteiger partial charge in [-0.25, -0.2) is 0 Å². The Kier molecular flexibility index (Phi) is 7.76. The van der Waals surface area contributed by atoms with Crippen LogP contribution in [-0.4, -0.2) is 32.0 Å². The molecule has 1 aliphatic carbocycles. The normalized spacial score (nSPS) is 18.9. The molecule has 0 saturated heterocycles. The van der Waals surface area contributed by atoms with E-state index in [-0.39, 0.29) is 13.0 Å². The van der Waals surface area contributed by atoms with Gasteiger partial charge >= 0.3 is 6.18 Å². The van der Waals surface area contributed by atoms with Crippen LogP contribution in [0, 0.1) is 5.92 Å². The number of ether oxygens (including phenoxy) is 1. The van der Waals surface area contributed by atoms with Crippen molar-refractivity contribution in [2.45, 2.75) is 64.1 Å². The van der Waals surface area contributed by atoms with Gasteiger partial charge in [0, 0.05) is 19.1 Å². The van der Waals surface area contributed by atoms with Gasteiger partial charge in [-0.15, -0.1) is 0 Å². The second-order valence-corrected chi connectivity index (χ2v) is 5.40. The van der Waals surface area contributed by atoms with Gasteiger partial charge in [-0.2, -0.15) is 13.2 Å². The Bertz CT molecular complexity index is 227. The van der Waals surface area contributed by atoms with Crippen LogP contribution in [0.25, 0.3) is 0 Å². The van der Waals surface area contributed by atoms with Crippen molar-refractivity contribution in [2.24, 2.45) is 5.92 Å². The first-order valence-electron chi connectivity index (χ1n) is 7.41. The molecule has 1 saturated carbocycles. The SMILES string of the molecule is CCCNC(COCCCC(F)(F)F)C1CCCC1. The van der Waals surface area contributed by atoms with Crippen molar-refractivity contribution in [3.63, 3.8) is 0 Å². The van der Waals surface area contributed by atoms with E-state index in [0.29, 0.717) is 18.6 Å². The van der Waals surface area contributed by atoms with Crippen LogP contribution in [-0.2, 0) is 4.74 Å². The molecule has 0 aliphatic heterocycles. The molecule has 1 N–H and O–H groups in total. The van der Waals surface area contributed by atoms with Gasteiger partial charge in [-0.05, 0) is 38.1 Å². The molecule has 2 nitrogen and oxygen atoms in total. The van der Waals surface area contributed by atoms with Crippen LogP contribution in [0.15, 0.2) is 0 Å². The van der Waals surface area contributed by atoms with Gasteiger partial charge in [-0.3, -0.25) is 0 Å². The molecule has 0 heterocycles. The lowest BCUT2D eigenvalue weighted by Gasteiger charge is -2.24. The molecule has 5 heteroatoms. The van der Waals surface area contributed by atoms with Crippen LogP contribution in [0.4, 0.5) is 13.2 Å². The van der Waals surface area contributed by atoms with Gasteiger partial charge in [0.25, 0.3) is 0 Å². The maximum Gasteiger partial charge on any atom is 0.389 e. The van der Waals surface area contributed by atoms with Gasteiger partial charge in [0.1, 0.15) is 0 Å². The third-order valence-corrected chi connectivity index (χ3v) is 3.67. The zero-order valence-corrected chi connectivity index (χ0v) is 11.8. The molecule has 1 rings (SSSR count). The fourth-order valence-electron chi connectivity index (χ4n) is 2.64. The molecule has 0 radical (unpaired) electrons. The van der Waals surface area contributed by atoms with Crippen LogP contribution >= 0.6 is 0 Å². The number of halogens is 3. The van der Waals surface area contributed by atoms with Gasteiger partial charge < -0.3 is 10.1 Å². The molecule has 1 fully saturated rings. The summed E-state index contributed by atoms with van der Waals surface area (Å²) in [4.78, 5) is 0. The summed E-state index contributed by atoms with van der Waals surface area (Å²) >= 11 is 0. The summed E-state index contributed by atoms with van der Waals surface area (Å²) in [5, 5.41) is 3.47. The van der Waals surface area contributed by atoms with E-state index in [0.717, 1.165) is 13.0 Å². The maximum atomic E-state index is 12.0. The standard InChI is InChI=1S/C14H26F3NO/c1-2-9-18-13(12-6-3-4-7-12)11-19-10-5-8-14(15,16)17/h12-13,18H,2-11H2,1H3. The van der Waals surface area contributed by atoms with Crippen LogP contribution in [0.2, 0.25) is 0 Å². The molecule has 114 valence electrons. The highest BCUT2D eigenvalue weighted by Gasteiger charge is 2.27. The lowest BCUT2D eigenvalue weighted by molar-refractivity contribution is -0.138. The molecular formula is C14H26F3NO. The van der Waals surface area contributed by atoms with Crippen LogP contribution < -0.4 is 5.32 Å². The number of hydrogen-bond donors (Lipinski definition) is 1. The van der Waals surface area contributed by atoms with E-state index < -0.39 is 12.6 Å². The molecule has 19 heavy (non-hydrogen) atoms. The van der Waals surface area contributed by atoms with Gasteiger partial charge in [-0.1, -0.05) is 19.8 Å². The fraction of sp³-hybridized carbons (Fsp3) is 1.00. The second kappa shape index (κ2) is 8.80. The van der Waals surface area contributed by atoms with Crippen molar-refractivity contribution in [3.05, 3.63) is 0 Å². The minimum atomic E-state index is -4.06. The number of alkyl halides is 3. The van der Waals surface area contributed by atoms with E-state index in [1.807, 2.05) is 0 Å². The maximum absolute atomic E-state index is 12.0. The van der Waals surface area contributed by atoms with E-state index in [4.69, 9.17) is 4.74 Å². The molecule has 0 aromatic carbocycles.